The minimum absolute atomic E-state index is 0.0872. The van der Waals surface area contributed by atoms with Crippen LogP contribution in [-0.2, 0) is 21.8 Å². The number of sulfone groups is 1. The molecule has 2 aromatic rings. The van der Waals surface area contributed by atoms with E-state index in [1.165, 1.54) is 0 Å². The molecule has 0 amide bonds. The Morgan fingerprint density at radius 2 is 1.93 bits per heavy atom. The number of amidine groups is 1. The van der Waals surface area contributed by atoms with Crippen molar-refractivity contribution in [1.29, 1.82) is 0 Å². The Balaban J connectivity index is 1.73. The van der Waals surface area contributed by atoms with Crippen LogP contribution in [0.2, 0.25) is 0 Å². The number of Topliss-reactive ketones (excluding diaryl/α,β-unsaturated/α-hetero) is 1. The van der Waals surface area contributed by atoms with Gasteiger partial charge in [-0.3, -0.25) is 9.79 Å². The van der Waals surface area contributed by atoms with E-state index in [1.807, 2.05) is 6.92 Å². The largest absolute Gasteiger partial charge is 0.493 e. The Labute approximate surface area is 175 Å². The highest BCUT2D eigenvalue weighted by atomic mass is 32.2. The summed E-state index contributed by atoms with van der Waals surface area (Å²) < 4.78 is 30.5. The highest BCUT2D eigenvalue weighted by molar-refractivity contribution is 7.93. The summed E-state index contributed by atoms with van der Waals surface area (Å²) in [6.45, 7) is 5.34. The predicted octanol–water partition coefficient (Wildman–Crippen LogP) is 1.75. The first-order chi connectivity index (χ1) is 14.0. The third-order valence-electron chi connectivity index (χ3n) is 5.87. The summed E-state index contributed by atoms with van der Waals surface area (Å²) in [6, 6.07) is 5.34. The second-order valence-electron chi connectivity index (χ2n) is 8.41. The fourth-order valence-electron chi connectivity index (χ4n) is 3.76. The number of rotatable bonds is 3. The summed E-state index contributed by atoms with van der Waals surface area (Å²) >= 11 is 0. The van der Waals surface area contributed by atoms with Gasteiger partial charge in [-0.25, -0.2) is 18.4 Å². The molecule has 1 atom stereocenters. The van der Waals surface area contributed by atoms with Crippen molar-refractivity contribution in [3.8, 4) is 5.75 Å². The summed E-state index contributed by atoms with van der Waals surface area (Å²) in [5.74, 6) is 0.434. The number of carbonyl (C=O) groups is 1. The number of fused-ring (bicyclic) bond motifs is 2. The number of ether oxygens (including phenoxy) is 1. The molecule has 0 radical (unpaired) electrons. The first kappa shape index (κ1) is 20.5. The van der Waals surface area contributed by atoms with E-state index in [9.17, 15) is 13.2 Å². The van der Waals surface area contributed by atoms with Crippen LogP contribution in [-0.4, -0.2) is 47.1 Å². The molecule has 0 saturated carbocycles. The first-order valence-corrected chi connectivity index (χ1v) is 11.4. The zero-order chi connectivity index (χ0) is 21.7. The molecule has 2 N–H and O–H groups in total. The van der Waals surface area contributed by atoms with Crippen LogP contribution in [0.5, 0.6) is 5.75 Å². The number of aromatic nitrogens is 2. The van der Waals surface area contributed by atoms with E-state index >= 15 is 0 Å². The topological polar surface area (TPSA) is 125 Å². The number of ketones is 1. The molecule has 8 nitrogen and oxygen atoms in total. The highest BCUT2D eigenvalue weighted by Gasteiger charge is 2.52. The minimum Gasteiger partial charge on any atom is -0.493 e. The van der Waals surface area contributed by atoms with E-state index in [2.05, 4.69) is 15.0 Å². The SMILES string of the molecule is Cc1cnc(C(=O)Cc2ccc3c(c2)[C@]2(CCO3)CS(=O)(=O)C(C)(C)C(N)=N2)nc1. The molecular formula is C21H24N4O4S. The molecule has 1 spiro atoms. The zero-order valence-electron chi connectivity index (χ0n) is 17.2. The maximum Gasteiger partial charge on any atom is 0.204 e. The lowest BCUT2D eigenvalue weighted by atomic mass is 9.84. The molecule has 0 fully saturated rings. The summed E-state index contributed by atoms with van der Waals surface area (Å²) in [5, 5.41) is 0. The molecule has 3 heterocycles. The molecule has 9 heteroatoms. The van der Waals surface area contributed by atoms with Crippen LogP contribution < -0.4 is 10.5 Å². The normalized spacial score (nSPS) is 23.9. The molecule has 0 bridgehead atoms. The lowest BCUT2D eigenvalue weighted by Gasteiger charge is -2.42. The van der Waals surface area contributed by atoms with Gasteiger partial charge in [0.05, 0.1) is 12.4 Å². The van der Waals surface area contributed by atoms with E-state index in [0.29, 0.717) is 29.9 Å². The van der Waals surface area contributed by atoms with Crippen molar-refractivity contribution in [3.05, 3.63) is 53.1 Å². The minimum atomic E-state index is -3.54. The van der Waals surface area contributed by atoms with E-state index in [0.717, 1.165) is 5.56 Å². The van der Waals surface area contributed by atoms with Crippen molar-refractivity contribution < 1.29 is 17.9 Å². The number of aryl methyl sites for hydroxylation is 1. The Hall–Kier alpha value is -2.81. The second-order valence-corrected chi connectivity index (χ2v) is 10.9. The second kappa shape index (κ2) is 6.87. The fourth-order valence-corrected chi connectivity index (χ4v) is 5.48. The average molecular weight is 429 g/mol. The van der Waals surface area contributed by atoms with Gasteiger partial charge in [0, 0.05) is 30.8 Å². The lowest BCUT2D eigenvalue weighted by molar-refractivity contribution is 0.0982. The zero-order valence-corrected chi connectivity index (χ0v) is 18.0. The van der Waals surface area contributed by atoms with Gasteiger partial charge in [0.1, 0.15) is 21.9 Å². The molecule has 2 aliphatic heterocycles. The van der Waals surface area contributed by atoms with Gasteiger partial charge in [0.25, 0.3) is 0 Å². The fraction of sp³-hybridized carbons (Fsp3) is 0.429. The molecular weight excluding hydrogens is 404 g/mol. The molecule has 0 aliphatic carbocycles. The number of carbonyl (C=O) groups excluding carboxylic acids is 1. The molecule has 0 unspecified atom stereocenters. The van der Waals surface area contributed by atoms with E-state index in [-0.39, 0.29) is 29.6 Å². The standard InChI is InChI=1S/C21H24N4O4S/c1-13-10-23-18(24-11-13)16(26)9-14-4-5-17-15(8-14)21(6-7-29-17)12-30(27,28)20(2,3)19(22)25-21/h4-5,8,10-11H,6-7,9,12H2,1-3H3,(H2,22,25)/t21-/m0/s1. The van der Waals surface area contributed by atoms with Crippen LogP contribution in [0.25, 0.3) is 0 Å². The average Bonchev–Trinajstić information content (AvgIpc) is 2.67. The van der Waals surface area contributed by atoms with Crippen LogP contribution in [0, 0.1) is 6.92 Å². The number of nitrogens with zero attached hydrogens (tertiary/aromatic N) is 3. The maximum absolute atomic E-state index is 13.0. The van der Waals surface area contributed by atoms with Crippen LogP contribution >= 0.6 is 0 Å². The van der Waals surface area contributed by atoms with Crippen LogP contribution in [0.3, 0.4) is 0 Å². The van der Waals surface area contributed by atoms with Crippen molar-refractivity contribution in [2.24, 2.45) is 10.7 Å². The third-order valence-corrected chi connectivity index (χ3v) is 8.49. The van der Waals surface area contributed by atoms with Gasteiger partial charge in [0.15, 0.2) is 15.7 Å². The van der Waals surface area contributed by atoms with Crippen molar-refractivity contribution >= 4 is 21.5 Å². The summed E-state index contributed by atoms with van der Waals surface area (Å²) in [4.78, 5) is 25.5. The smallest absolute Gasteiger partial charge is 0.204 e. The van der Waals surface area contributed by atoms with Crippen LogP contribution in [0.1, 0.15) is 47.6 Å². The van der Waals surface area contributed by atoms with Gasteiger partial charge in [-0.15, -0.1) is 0 Å². The maximum atomic E-state index is 13.0. The van der Waals surface area contributed by atoms with Crippen molar-refractivity contribution in [3.63, 3.8) is 0 Å². The molecule has 30 heavy (non-hydrogen) atoms. The van der Waals surface area contributed by atoms with Gasteiger partial charge in [0.2, 0.25) is 5.78 Å². The summed E-state index contributed by atoms with van der Waals surface area (Å²) in [6.07, 6.45) is 3.68. The molecule has 1 aromatic heterocycles. The number of hydrogen-bond acceptors (Lipinski definition) is 8. The molecule has 1 aromatic carbocycles. The van der Waals surface area contributed by atoms with Crippen LogP contribution in [0.15, 0.2) is 35.6 Å². The van der Waals surface area contributed by atoms with Crippen molar-refractivity contribution in [2.45, 2.75) is 43.9 Å². The predicted molar refractivity (Wildman–Crippen MR) is 113 cm³/mol. The number of hydrogen-bond donors (Lipinski definition) is 1. The molecule has 2 aliphatic rings. The number of nitrogens with two attached hydrogens (primary N) is 1. The van der Waals surface area contributed by atoms with Crippen molar-refractivity contribution in [2.75, 3.05) is 12.4 Å². The highest BCUT2D eigenvalue weighted by Crippen LogP contribution is 2.45. The number of aliphatic imine (C=N–C) groups is 1. The Morgan fingerprint density at radius 1 is 1.23 bits per heavy atom. The molecule has 0 saturated heterocycles. The molecule has 4 rings (SSSR count). The Morgan fingerprint density at radius 3 is 2.60 bits per heavy atom. The Bertz CT molecular complexity index is 1160. The first-order valence-electron chi connectivity index (χ1n) is 9.70. The van der Waals surface area contributed by atoms with Gasteiger partial charge in [-0.1, -0.05) is 6.07 Å². The van der Waals surface area contributed by atoms with E-state index < -0.39 is 20.1 Å². The quantitative estimate of drug-likeness (QED) is 0.738. The lowest BCUT2D eigenvalue weighted by Crippen LogP contribution is -2.56. The Kier molecular flexibility index (Phi) is 4.68. The number of benzene rings is 1. The summed E-state index contributed by atoms with van der Waals surface area (Å²) in [5.41, 5.74) is 7.34. The van der Waals surface area contributed by atoms with E-state index in [4.69, 9.17) is 10.5 Å². The van der Waals surface area contributed by atoms with Crippen molar-refractivity contribution in [1.82, 2.24) is 9.97 Å². The van der Waals surface area contributed by atoms with Gasteiger partial charge in [-0.05, 0) is 44.0 Å². The van der Waals surface area contributed by atoms with Gasteiger partial charge < -0.3 is 10.5 Å². The summed E-state index contributed by atoms with van der Waals surface area (Å²) in [7, 11) is -3.54. The van der Waals surface area contributed by atoms with E-state index in [1.54, 1.807) is 44.4 Å². The van der Waals surface area contributed by atoms with Gasteiger partial charge in [-0.2, -0.15) is 0 Å². The monoisotopic (exact) mass is 428 g/mol. The van der Waals surface area contributed by atoms with Gasteiger partial charge >= 0.3 is 0 Å². The van der Waals surface area contributed by atoms with Crippen LogP contribution in [0.4, 0.5) is 0 Å². The third kappa shape index (κ3) is 3.27. The molecule has 158 valence electrons.